The van der Waals surface area contributed by atoms with E-state index in [1.807, 2.05) is 47.4 Å². The summed E-state index contributed by atoms with van der Waals surface area (Å²) in [5.41, 5.74) is 1.98. The van der Waals surface area contributed by atoms with Crippen LogP contribution in [-0.2, 0) is 13.0 Å². The number of anilines is 1. The molecule has 2 amide bonds. The summed E-state index contributed by atoms with van der Waals surface area (Å²) < 4.78 is 0. The second-order valence-corrected chi connectivity index (χ2v) is 8.18. The van der Waals surface area contributed by atoms with Crippen molar-refractivity contribution in [3.8, 4) is 0 Å². The van der Waals surface area contributed by atoms with Gasteiger partial charge in [-0.1, -0.05) is 47.7 Å². The van der Waals surface area contributed by atoms with Crippen LogP contribution in [0.25, 0.3) is 10.8 Å². The first-order valence-electron chi connectivity index (χ1n) is 9.66. The molecule has 0 aliphatic carbocycles. The Bertz CT molecular complexity index is 1250. The van der Waals surface area contributed by atoms with Crippen LogP contribution < -0.4 is 5.32 Å². The number of thiazole rings is 1. The van der Waals surface area contributed by atoms with E-state index in [4.69, 9.17) is 0 Å². The molecule has 1 aliphatic heterocycles. The molecule has 3 heterocycles. The maximum absolute atomic E-state index is 13.1. The highest BCUT2D eigenvalue weighted by molar-refractivity contribution is 7.15. The summed E-state index contributed by atoms with van der Waals surface area (Å²) in [4.78, 5) is 36.8. The summed E-state index contributed by atoms with van der Waals surface area (Å²) in [6.07, 6.45) is 2.25. The number of benzene rings is 2. The SMILES string of the molecule is O=C(Nc1nc2c(s1)CN(C(=O)c1ccc3ccccc3c1)CC2)c1ccccn1. The molecule has 7 heteroatoms. The molecule has 1 N–H and O–H groups in total. The van der Waals surface area contributed by atoms with Gasteiger partial charge in [-0.25, -0.2) is 4.98 Å². The van der Waals surface area contributed by atoms with E-state index >= 15 is 0 Å². The van der Waals surface area contributed by atoms with Crippen molar-refractivity contribution >= 4 is 39.1 Å². The van der Waals surface area contributed by atoms with E-state index in [0.717, 1.165) is 21.3 Å². The molecule has 0 bridgehead atoms. The highest BCUT2D eigenvalue weighted by Crippen LogP contribution is 2.29. The fourth-order valence-corrected chi connectivity index (χ4v) is 4.60. The average molecular weight is 414 g/mol. The maximum Gasteiger partial charge on any atom is 0.276 e. The van der Waals surface area contributed by atoms with Gasteiger partial charge in [0, 0.05) is 29.6 Å². The van der Waals surface area contributed by atoms with Crippen molar-refractivity contribution in [1.29, 1.82) is 0 Å². The molecule has 1 aliphatic rings. The third kappa shape index (κ3) is 3.55. The first-order valence-corrected chi connectivity index (χ1v) is 10.5. The maximum atomic E-state index is 13.1. The molecule has 6 nitrogen and oxygen atoms in total. The predicted molar refractivity (Wildman–Crippen MR) is 117 cm³/mol. The minimum Gasteiger partial charge on any atom is -0.333 e. The number of hydrogen-bond acceptors (Lipinski definition) is 5. The van der Waals surface area contributed by atoms with Crippen LogP contribution in [0.15, 0.2) is 66.9 Å². The van der Waals surface area contributed by atoms with Crippen molar-refractivity contribution in [2.75, 3.05) is 11.9 Å². The van der Waals surface area contributed by atoms with E-state index in [1.54, 1.807) is 24.4 Å². The van der Waals surface area contributed by atoms with Gasteiger partial charge in [0.2, 0.25) is 0 Å². The Morgan fingerprint density at radius 2 is 1.83 bits per heavy atom. The second kappa shape index (κ2) is 7.68. The zero-order chi connectivity index (χ0) is 20.5. The molecule has 0 atom stereocenters. The van der Waals surface area contributed by atoms with Gasteiger partial charge in [-0.15, -0.1) is 0 Å². The van der Waals surface area contributed by atoms with Crippen LogP contribution in [-0.4, -0.2) is 33.2 Å². The fraction of sp³-hybridized carbons (Fsp3) is 0.130. The molecular weight excluding hydrogens is 396 g/mol. The molecule has 2 aromatic heterocycles. The molecule has 148 valence electrons. The normalized spacial score (nSPS) is 13.1. The van der Waals surface area contributed by atoms with Crippen LogP contribution in [0.2, 0.25) is 0 Å². The first kappa shape index (κ1) is 18.4. The summed E-state index contributed by atoms with van der Waals surface area (Å²) in [5.74, 6) is -0.273. The van der Waals surface area contributed by atoms with Gasteiger partial charge in [0.15, 0.2) is 5.13 Å². The van der Waals surface area contributed by atoms with E-state index in [0.29, 0.717) is 35.9 Å². The third-order valence-electron chi connectivity index (χ3n) is 5.13. The van der Waals surface area contributed by atoms with Crippen molar-refractivity contribution in [2.45, 2.75) is 13.0 Å². The molecule has 0 spiro atoms. The number of nitrogens with one attached hydrogen (secondary N) is 1. The van der Waals surface area contributed by atoms with E-state index in [2.05, 4.69) is 15.3 Å². The predicted octanol–water partition coefficient (Wildman–Crippen LogP) is 4.14. The molecule has 0 fully saturated rings. The average Bonchev–Trinajstić information content (AvgIpc) is 3.20. The summed E-state index contributed by atoms with van der Waals surface area (Å²) in [6, 6.07) is 19.0. The van der Waals surface area contributed by atoms with Crippen LogP contribution in [0.4, 0.5) is 5.13 Å². The van der Waals surface area contributed by atoms with E-state index in [9.17, 15) is 9.59 Å². The van der Waals surface area contributed by atoms with Gasteiger partial charge < -0.3 is 4.90 Å². The Balaban J connectivity index is 1.32. The van der Waals surface area contributed by atoms with E-state index in [-0.39, 0.29) is 11.8 Å². The number of carbonyl (C=O) groups excluding carboxylic acids is 2. The fourth-order valence-electron chi connectivity index (χ4n) is 3.59. The Hall–Kier alpha value is -3.58. The van der Waals surface area contributed by atoms with Gasteiger partial charge in [-0.05, 0) is 35.0 Å². The number of aromatic nitrogens is 2. The summed E-state index contributed by atoms with van der Waals surface area (Å²) >= 11 is 1.41. The number of rotatable bonds is 3. The summed E-state index contributed by atoms with van der Waals surface area (Å²) in [5, 5.41) is 5.52. The first-order chi connectivity index (χ1) is 14.7. The van der Waals surface area contributed by atoms with Gasteiger partial charge >= 0.3 is 0 Å². The lowest BCUT2D eigenvalue weighted by Crippen LogP contribution is -2.35. The smallest absolute Gasteiger partial charge is 0.276 e. The summed E-state index contributed by atoms with van der Waals surface area (Å²) in [6.45, 7) is 1.11. The van der Waals surface area contributed by atoms with Crippen molar-refractivity contribution in [1.82, 2.24) is 14.9 Å². The largest absolute Gasteiger partial charge is 0.333 e. The lowest BCUT2D eigenvalue weighted by Gasteiger charge is -2.26. The van der Waals surface area contributed by atoms with Crippen LogP contribution in [0.1, 0.15) is 31.4 Å². The minimum atomic E-state index is -0.286. The third-order valence-corrected chi connectivity index (χ3v) is 6.13. The Morgan fingerprint density at radius 3 is 2.67 bits per heavy atom. The minimum absolute atomic E-state index is 0.0128. The summed E-state index contributed by atoms with van der Waals surface area (Å²) in [7, 11) is 0. The molecule has 4 aromatic rings. The lowest BCUT2D eigenvalue weighted by atomic mass is 10.1. The van der Waals surface area contributed by atoms with Crippen molar-refractivity contribution < 1.29 is 9.59 Å². The highest BCUT2D eigenvalue weighted by atomic mass is 32.1. The van der Waals surface area contributed by atoms with Crippen LogP contribution >= 0.6 is 11.3 Å². The second-order valence-electron chi connectivity index (χ2n) is 7.10. The zero-order valence-electron chi connectivity index (χ0n) is 16.0. The van der Waals surface area contributed by atoms with Gasteiger partial charge in [0.25, 0.3) is 11.8 Å². The number of pyridine rings is 1. The van der Waals surface area contributed by atoms with E-state index in [1.165, 1.54) is 11.3 Å². The molecular formula is C23H18N4O2S. The number of carbonyl (C=O) groups is 2. The molecule has 0 radical (unpaired) electrons. The van der Waals surface area contributed by atoms with Gasteiger partial charge in [0.1, 0.15) is 5.69 Å². The molecule has 0 unspecified atom stereocenters. The van der Waals surface area contributed by atoms with Crippen molar-refractivity contribution in [2.24, 2.45) is 0 Å². The number of amides is 2. The van der Waals surface area contributed by atoms with Crippen LogP contribution in [0.5, 0.6) is 0 Å². The van der Waals surface area contributed by atoms with Crippen molar-refractivity contribution in [3.63, 3.8) is 0 Å². The van der Waals surface area contributed by atoms with E-state index < -0.39 is 0 Å². The van der Waals surface area contributed by atoms with Gasteiger partial charge in [-0.3, -0.25) is 19.9 Å². The lowest BCUT2D eigenvalue weighted by molar-refractivity contribution is 0.0736. The molecule has 5 rings (SSSR count). The molecule has 30 heavy (non-hydrogen) atoms. The van der Waals surface area contributed by atoms with Crippen molar-refractivity contribution in [3.05, 3.63) is 88.7 Å². The molecule has 2 aromatic carbocycles. The Morgan fingerprint density at radius 1 is 1.00 bits per heavy atom. The Kier molecular flexibility index (Phi) is 4.72. The number of hydrogen-bond donors (Lipinski definition) is 1. The standard InChI is InChI=1S/C23H18N4O2S/c28-21(19-7-3-4-11-24-19)26-23-25-18-10-12-27(14-20(18)30-23)22(29)17-9-8-15-5-1-2-6-16(15)13-17/h1-9,11,13H,10,12,14H2,(H,25,26,28). The Labute approximate surface area is 177 Å². The molecule has 0 saturated heterocycles. The number of fused-ring (bicyclic) bond motifs is 2. The van der Waals surface area contributed by atoms with Gasteiger partial charge in [-0.2, -0.15) is 0 Å². The van der Waals surface area contributed by atoms with Crippen LogP contribution in [0, 0.1) is 0 Å². The van der Waals surface area contributed by atoms with Crippen LogP contribution in [0.3, 0.4) is 0 Å². The topological polar surface area (TPSA) is 75.2 Å². The highest BCUT2D eigenvalue weighted by Gasteiger charge is 2.25. The zero-order valence-corrected chi connectivity index (χ0v) is 16.9. The monoisotopic (exact) mass is 414 g/mol. The quantitative estimate of drug-likeness (QED) is 0.547. The molecule has 0 saturated carbocycles. The number of nitrogens with zero attached hydrogens (tertiary/aromatic N) is 3. The van der Waals surface area contributed by atoms with Gasteiger partial charge in [0.05, 0.1) is 12.2 Å².